The van der Waals surface area contributed by atoms with Crippen LogP contribution < -0.4 is 0 Å². The van der Waals surface area contributed by atoms with E-state index < -0.39 is 0 Å². The lowest BCUT2D eigenvalue weighted by Crippen LogP contribution is -2.48. The summed E-state index contributed by atoms with van der Waals surface area (Å²) in [4.78, 5) is 33.3. The van der Waals surface area contributed by atoms with E-state index in [0.29, 0.717) is 25.1 Å². The van der Waals surface area contributed by atoms with E-state index in [-0.39, 0.29) is 35.8 Å². The maximum Gasteiger partial charge on any atom is 0.410 e. The molecule has 2 saturated heterocycles. The van der Waals surface area contributed by atoms with Crippen molar-refractivity contribution in [2.24, 2.45) is 5.92 Å². The van der Waals surface area contributed by atoms with E-state index in [0.717, 1.165) is 23.6 Å². The molecule has 5 heteroatoms. The molecule has 4 aromatic rings. The highest BCUT2D eigenvalue weighted by molar-refractivity contribution is 6.07. The highest BCUT2D eigenvalue weighted by Crippen LogP contribution is 2.45. The molecule has 0 spiro atoms. The highest BCUT2D eigenvalue weighted by Gasteiger charge is 2.46. The van der Waals surface area contributed by atoms with Crippen molar-refractivity contribution in [3.8, 4) is 11.1 Å². The van der Waals surface area contributed by atoms with Gasteiger partial charge in [-0.25, -0.2) is 4.79 Å². The minimum Gasteiger partial charge on any atom is -0.448 e. The van der Waals surface area contributed by atoms with Crippen molar-refractivity contribution in [1.29, 1.82) is 0 Å². The fraction of sp³-hybridized carbons (Fsp3) is 0.281. The zero-order chi connectivity index (χ0) is 24.9. The molecular formula is C32H28N2O3. The van der Waals surface area contributed by atoms with Crippen molar-refractivity contribution in [1.82, 2.24) is 9.88 Å². The van der Waals surface area contributed by atoms with Crippen molar-refractivity contribution in [3.63, 3.8) is 0 Å². The summed E-state index contributed by atoms with van der Waals surface area (Å²) in [6.07, 6.45) is 4.65. The number of pyridine rings is 1. The van der Waals surface area contributed by atoms with Crippen LogP contribution in [-0.4, -0.2) is 40.5 Å². The van der Waals surface area contributed by atoms with Crippen LogP contribution in [0.1, 0.15) is 53.2 Å². The molecule has 1 aliphatic carbocycles. The van der Waals surface area contributed by atoms with E-state index in [9.17, 15) is 9.59 Å². The zero-order valence-corrected chi connectivity index (χ0v) is 20.5. The number of hydrogen-bond donors (Lipinski definition) is 0. The van der Waals surface area contributed by atoms with Crippen molar-refractivity contribution in [3.05, 3.63) is 102 Å². The van der Waals surface area contributed by atoms with Gasteiger partial charge in [-0.3, -0.25) is 9.78 Å². The molecule has 2 fully saturated rings. The third-order valence-corrected chi connectivity index (χ3v) is 8.56. The number of piperidine rings is 1. The predicted molar refractivity (Wildman–Crippen MR) is 143 cm³/mol. The zero-order valence-electron chi connectivity index (χ0n) is 20.5. The lowest BCUT2D eigenvalue weighted by atomic mass is 9.85. The third kappa shape index (κ3) is 3.64. The number of carbonyl (C=O) groups excluding carboxylic acids is 2. The monoisotopic (exact) mass is 488 g/mol. The second-order valence-electron chi connectivity index (χ2n) is 10.5. The van der Waals surface area contributed by atoms with E-state index in [4.69, 9.17) is 4.74 Å². The number of aromatic nitrogens is 1. The molecular weight excluding hydrogens is 460 g/mol. The van der Waals surface area contributed by atoms with Crippen LogP contribution in [0, 0.1) is 5.92 Å². The number of rotatable bonds is 4. The van der Waals surface area contributed by atoms with Crippen LogP contribution in [0.3, 0.4) is 0 Å². The van der Waals surface area contributed by atoms with Crippen molar-refractivity contribution >= 4 is 22.6 Å². The van der Waals surface area contributed by atoms with Crippen LogP contribution in [0.5, 0.6) is 0 Å². The van der Waals surface area contributed by atoms with Crippen molar-refractivity contribution in [2.75, 3.05) is 6.61 Å². The maximum absolute atomic E-state index is 13.5. The van der Waals surface area contributed by atoms with Crippen LogP contribution in [0.25, 0.3) is 21.9 Å². The summed E-state index contributed by atoms with van der Waals surface area (Å²) in [5.74, 6) is 0.0277. The molecule has 3 heterocycles. The molecule has 7 rings (SSSR count). The van der Waals surface area contributed by atoms with E-state index in [1.807, 2.05) is 47.4 Å². The summed E-state index contributed by atoms with van der Waals surface area (Å²) in [5, 5.41) is 1.93. The molecule has 1 aromatic heterocycles. The molecule has 184 valence electrons. The highest BCUT2D eigenvalue weighted by atomic mass is 16.6. The molecule has 2 unspecified atom stereocenters. The number of nitrogens with zero attached hydrogens (tertiary/aromatic N) is 2. The molecule has 1 amide bonds. The quantitative estimate of drug-likeness (QED) is 0.303. The summed E-state index contributed by atoms with van der Waals surface area (Å²) in [5.41, 5.74) is 5.43. The number of Topliss-reactive ketones (excluding diaryl/α,β-unsaturated/α-hetero) is 1. The van der Waals surface area contributed by atoms with Gasteiger partial charge in [-0.15, -0.1) is 0 Å². The first-order valence-corrected chi connectivity index (χ1v) is 13.2. The fourth-order valence-corrected chi connectivity index (χ4v) is 6.87. The van der Waals surface area contributed by atoms with E-state index in [2.05, 4.69) is 41.4 Å². The van der Waals surface area contributed by atoms with Crippen LogP contribution in [0.2, 0.25) is 0 Å². The average Bonchev–Trinajstić information content (AvgIpc) is 3.41. The van der Waals surface area contributed by atoms with Gasteiger partial charge in [0.2, 0.25) is 0 Å². The van der Waals surface area contributed by atoms with Gasteiger partial charge < -0.3 is 9.64 Å². The number of fused-ring (bicyclic) bond motifs is 6. The second-order valence-corrected chi connectivity index (χ2v) is 10.5. The van der Waals surface area contributed by atoms with Crippen LogP contribution in [-0.2, 0) is 4.74 Å². The first-order valence-electron chi connectivity index (χ1n) is 13.2. The number of ether oxygens (including phenoxy) is 1. The Labute approximate surface area is 216 Å². The van der Waals surface area contributed by atoms with Gasteiger partial charge in [-0.05, 0) is 59.4 Å². The van der Waals surface area contributed by atoms with Gasteiger partial charge in [0.05, 0.1) is 0 Å². The Kier molecular flexibility index (Phi) is 5.31. The Hall–Kier alpha value is -3.99. The van der Waals surface area contributed by atoms with Crippen molar-refractivity contribution in [2.45, 2.75) is 43.7 Å². The lowest BCUT2D eigenvalue weighted by Gasteiger charge is -2.37. The number of benzene rings is 3. The fourth-order valence-electron chi connectivity index (χ4n) is 6.87. The smallest absolute Gasteiger partial charge is 0.410 e. The van der Waals surface area contributed by atoms with E-state index in [1.54, 1.807) is 6.20 Å². The van der Waals surface area contributed by atoms with Crippen LogP contribution in [0.15, 0.2) is 85.1 Å². The minimum atomic E-state index is -0.247. The molecule has 37 heavy (non-hydrogen) atoms. The minimum absolute atomic E-state index is 0.0401. The topological polar surface area (TPSA) is 59.5 Å². The van der Waals surface area contributed by atoms with Crippen LogP contribution in [0.4, 0.5) is 4.79 Å². The number of carbonyl (C=O) groups is 2. The van der Waals surface area contributed by atoms with E-state index in [1.165, 1.54) is 22.3 Å². The Balaban J connectivity index is 1.06. The summed E-state index contributed by atoms with van der Waals surface area (Å²) in [6, 6.07) is 26.7. The average molecular weight is 489 g/mol. The van der Waals surface area contributed by atoms with Gasteiger partial charge >= 0.3 is 6.09 Å². The molecule has 5 nitrogen and oxygen atoms in total. The normalized spacial score (nSPS) is 22.1. The molecule has 2 aliphatic heterocycles. The van der Waals surface area contributed by atoms with Gasteiger partial charge in [0.25, 0.3) is 0 Å². The van der Waals surface area contributed by atoms with Gasteiger partial charge in [-0.2, -0.15) is 0 Å². The molecule has 3 aliphatic rings. The molecule has 2 bridgehead atoms. The summed E-state index contributed by atoms with van der Waals surface area (Å²) in [6.45, 7) is 0.324. The summed E-state index contributed by atoms with van der Waals surface area (Å²) < 4.78 is 5.99. The second kappa shape index (κ2) is 8.84. The standard InChI is InChI=1S/C32H28N2O3/c35-31(30-24-8-2-1-7-20(24)15-16-33-30)21-17-22-13-14-23(18-21)34(22)32(36)37-19-29-27-11-5-3-9-25(27)26-10-4-6-12-28(26)29/h1-12,15-16,21-23,29H,13-14,17-19H2. The Morgan fingerprint density at radius 3 is 2.14 bits per heavy atom. The van der Waals surface area contributed by atoms with Crippen LogP contribution >= 0.6 is 0 Å². The van der Waals surface area contributed by atoms with Crippen molar-refractivity contribution < 1.29 is 14.3 Å². The van der Waals surface area contributed by atoms with Gasteiger partial charge in [-0.1, -0.05) is 72.8 Å². The predicted octanol–water partition coefficient (Wildman–Crippen LogP) is 6.61. The number of amides is 1. The van der Waals surface area contributed by atoms with Gasteiger partial charge in [0.1, 0.15) is 12.3 Å². The molecule has 3 aromatic carbocycles. The largest absolute Gasteiger partial charge is 0.448 e. The summed E-state index contributed by atoms with van der Waals surface area (Å²) >= 11 is 0. The SMILES string of the molecule is O=C(c1nccc2ccccc12)C1CC2CCC(C1)N2C(=O)OCC1c2ccccc2-c2ccccc21. The van der Waals surface area contributed by atoms with Gasteiger partial charge in [0, 0.05) is 35.5 Å². The molecule has 2 atom stereocenters. The Bertz CT molecular complexity index is 1460. The third-order valence-electron chi connectivity index (χ3n) is 8.56. The number of ketones is 1. The van der Waals surface area contributed by atoms with Gasteiger partial charge in [0.15, 0.2) is 5.78 Å². The Morgan fingerprint density at radius 1 is 0.811 bits per heavy atom. The first kappa shape index (κ1) is 22.2. The number of hydrogen-bond acceptors (Lipinski definition) is 4. The molecule has 0 N–H and O–H groups in total. The summed E-state index contributed by atoms with van der Waals surface area (Å²) in [7, 11) is 0. The van der Waals surface area contributed by atoms with E-state index >= 15 is 0 Å². The molecule has 0 saturated carbocycles. The first-order chi connectivity index (χ1) is 18.2. The maximum atomic E-state index is 13.5. The lowest BCUT2D eigenvalue weighted by molar-refractivity contribution is 0.0505. The Morgan fingerprint density at radius 2 is 1.43 bits per heavy atom. The molecule has 0 radical (unpaired) electrons.